The first-order valence-electron chi connectivity index (χ1n) is 8.51. The molecule has 0 saturated heterocycles. The highest BCUT2D eigenvalue weighted by Gasteiger charge is 2.15. The first-order chi connectivity index (χ1) is 13.2. The number of hydrogen-bond acceptors (Lipinski definition) is 4. The summed E-state index contributed by atoms with van der Waals surface area (Å²) in [6.45, 7) is 0.315. The van der Waals surface area contributed by atoms with Gasteiger partial charge in [0.15, 0.2) is 5.76 Å². The Morgan fingerprint density at radius 3 is 2.59 bits per heavy atom. The van der Waals surface area contributed by atoms with Gasteiger partial charge in [-0.1, -0.05) is 30.3 Å². The molecule has 6 heteroatoms. The third kappa shape index (κ3) is 5.01. The van der Waals surface area contributed by atoms with Crippen LogP contribution in [0, 0.1) is 0 Å². The van der Waals surface area contributed by atoms with Crippen molar-refractivity contribution in [2.75, 3.05) is 7.05 Å². The number of nitrogens with one attached hydrogen (secondary N) is 2. The fourth-order valence-electron chi connectivity index (χ4n) is 2.56. The summed E-state index contributed by atoms with van der Waals surface area (Å²) in [6.07, 6.45) is 1.53. The molecule has 0 saturated carbocycles. The maximum absolute atomic E-state index is 12.5. The minimum Gasteiger partial charge on any atom is -0.459 e. The van der Waals surface area contributed by atoms with E-state index in [0.29, 0.717) is 23.6 Å². The molecule has 0 bridgehead atoms. The number of hydrogen-bond donors (Lipinski definition) is 2. The molecule has 0 atom stereocenters. The molecule has 0 unspecified atom stereocenters. The second kappa shape index (κ2) is 9.09. The van der Waals surface area contributed by atoms with Crippen molar-refractivity contribution in [1.29, 1.82) is 0 Å². The molecule has 0 fully saturated rings. The Bertz CT molecular complexity index is 922. The topological polar surface area (TPSA) is 71.3 Å². The van der Waals surface area contributed by atoms with Crippen molar-refractivity contribution in [2.45, 2.75) is 17.2 Å². The fourth-order valence-corrected chi connectivity index (χ4v) is 3.45. The first-order valence-corrected chi connectivity index (χ1v) is 9.49. The van der Waals surface area contributed by atoms with E-state index in [1.165, 1.54) is 6.26 Å². The second-order valence-corrected chi connectivity index (χ2v) is 6.89. The number of thioether (sulfide) groups is 1. The zero-order valence-corrected chi connectivity index (χ0v) is 15.7. The molecule has 0 aliphatic carbocycles. The summed E-state index contributed by atoms with van der Waals surface area (Å²) in [5.74, 6) is 0.541. The number of carbonyl (C=O) groups excluding carboxylic acids is 2. The van der Waals surface area contributed by atoms with Crippen molar-refractivity contribution < 1.29 is 14.0 Å². The zero-order valence-electron chi connectivity index (χ0n) is 14.9. The van der Waals surface area contributed by atoms with Gasteiger partial charge in [0.25, 0.3) is 11.8 Å². The molecule has 3 rings (SSSR count). The second-order valence-electron chi connectivity index (χ2n) is 5.84. The predicted octanol–water partition coefficient (Wildman–Crippen LogP) is 3.86. The highest BCUT2D eigenvalue weighted by molar-refractivity contribution is 7.98. The Labute approximate surface area is 162 Å². The largest absolute Gasteiger partial charge is 0.459 e. The summed E-state index contributed by atoms with van der Waals surface area (Å²) in [5.41, 5.74) is 2.25. The predicted molar refractivity (Wildman–Crippen MR) is 106 cm³/mol. The van der Waals surface area contributed by atoms with E-state index >= 15 is 0 Å². The highest BCUT2D eigenvalue weighted by Crippen LogP contribution is 2.24. The monoisotopic (exact) mass is 380 g/mol. The van der Waals surface area contributed by atoms with Crippen LogP contribution in [0.5, 0.6) is 0 Å². The quantitative estimate of drug-likeness (QED) is 0.611. The molecule has 138 valence electrons. The van der Waals surface area contributed by atoms with Crippen LogP contribution in [-0.2, 0) is 12.3 Å². The molecule has 1 heterocycles. The Balaban J connectivity index is 1.60. The fraction of sp³-hybridized carbons (Fsp3) is 0.143. The van der Waals surface area contributed by atoms with E-state index in [4.69, 9.17) is 4.42 Å². The molecular weight excluding hydrogens is 360 g/mol. The third-order valence-corrected chi connectivity index (χ3v) is 5.02. The smallest absolute Gasteiger partial charge is 0.287 e. The van der Waals surface area contributed by atoms with Crippen LogP contribution in [0.4, 0.5) is 0 Å². The van der Waals surface area contributed by atoms with E-state index < -0.39 is 0 Å². The van der Waals surface area contributed by atoms with Crippen LogP contribution < -0.4 is 10.6 Å². The minimum absolute atomic E-state index is 0.158. The molecule has 0 aliphatic heterocycles. The van der Waals surface area contributed by atoms with Gasteiger partial charge >= 0.3 is 0 Å². The van der Waals surface area contributed by atoms with Gasteiger partial charge in [0.2, 0.25) is 0 Å². The van der Waals surface area contributed by atoms with Gasteiger partial charge in [0.1, 0.15) is 0 Å². The van der Waals surface area contributed by atoms with E-state index in [9.17, 15) is 9.59 Å². The Hall–Kier alpha value is -2.99. The summed E-state index contributed by atoms with van der Waals surface area (Å²) >= 11 is 1.65. The lowest BCUT2D eigenvalue weighted by Gasteiger charge is -2.07. The van der Waals surface area contributed by atoms with Gasteiger partial charge < -0.3 is 15.1 Å². The number of carbonyl (C=O) groups is 2. The van der Waals surface area contributed by atoms with Crippen LogP contribution in [0.25, 0.3) is 0 Å². The van der Waals surface area contributed by atoms with Crippen molar-refractivity contribution in [2.24, 2.45) is 0 Å². The number of benzene rings is 2. The van der Waals surface area contributed by atoms with Crippen LogP contribution in [0.3, 0.4) is 0 Å². The molecule has 0 spiro atoms. The number of rotatable bonds is 7. The van der Waals surface area contributed by atoms with E-state index in [1.807, 2.05) is 42.5 Å². The highest BCUT2D eigenvalue weighted by atomic mass is 32.2. The Morgan fingerprint density at radius 1 is 1.00 bits per heavy atom. The van der Waals surface area contributed by atoms with Crippen LogP contribution in [-0.4, -0.2) is 18.9 Å². The third-order valence-electron chi connectivity index (χ3n) is 3.96. The SMILES string of the molecule is CNC(=O)c1cccc(CNC(=O)c2occc2CSc2ccccc2)c1. The van der Waals surface area contributed by atoms with Crippen molar-refractivity contribution in [3.8, 4) is 0 Å². The summed E-state index contributed by atoms with van der Waals surface area (Å²) in [5, 5.41) is 5.44. The molecule has 2 amide bonds. The molecule has 3 aromatic rings. The first kappa shape index (κ1) is 18.8. The maximum atomic E-state index is 12.5. The molecule has 1 aromatic heterocycles. The molecule has 5 nitrogen and oxygen atoms in total. The van der Waals surface area contributed by atoms with Gasteiger partial charge in [0, 0.05) is 35.4 Å². The van der Waals surface area contributed by atoms with Gasteiger partial charge in [-0.05, 0) is 35.9 Å². The average molecular weight is 380 g/mol. The molecule has 2 N–H and O–H groups in total. The summed E-state index contributed by atoms with van der Waals surface area (Å²) in [4.78, 5) is 25.3. The van der Waals surface area contributed by atoms with E-state index in [0.717, 1.165) is 16.0 Å². The lowest BCUT2D eigenvalue weighted by molar-refractivity contribution is 0.0921. The van der Waals surface area contributed by atoms with E-state index in [1.54, 1.807) is 37.0 Å². The van der Waals surface area contributed by atoms with E-state index in [-0.39, 0.29) is 11.8 Å². The van der Waals surface area contributed by atoms with Gasteiger partial charge in [-0.3, -0.25) is 9.59 Å². The van der Waals surface area contributed by atoms with Gasteiger partial charge in [-0.25, -0.2) is 0 Å². The van der Waals surface area contributed by atoms with Crippen LogP contribution in [0.2, 0.25) is 0 Å². The molecular formula is C21H20N2O3S. The number of furan rings is 1. The normalized spacial score (nSPS) is 10.4. The lowest BCUT2D eigenvalue weighted by Crippen LogP contribution is -2.24. The summed E-state index contributed by atoms with van der Waals surface area (Å²) in [7, 11) is 1.59. The van der Waals surface area contributed by atoms with Gasteiger partial charge in [0.05, 0.1) is 6.26 Å². The Morgan fingerprint density at radius 2 is 1.81 bits per heavy atom. The van der Waals surface area contributed by atoms with E-state index in [2.05, 4.69) is 10.6 Å². The molecule has 27 heavy (non-hydrogen) atoms. The zero-order chi connectivity index (χ0) is 19.1. The van der Waals surface area contributed by atoms with Gasteiger partial charge in [-0.2, -0.15) is 0 Å². The van der Waals surface area contributed by atoms with Crippen LogP contribution in [0.15, 0.2) is 76.2 Å². The van der Waals surface area contributed by atoms with Crippen LogP contribution in [0.1, 0.15) is 32.0 Å². The van der Waals surface area contributed by atoms with Crippen molar-refractivity contribution >= 4 is 23.6 Å². The molecule has 0 radical (unpaired) electrons. The van der Waals surface area contributed by atoms with Crippen molar-refractivity contribution in [1.82, 2.24) is 10.6 Å². The minimum atomic E-state index is -0.269. The maximum Gasteiger partial charge on any atom is 0.287 e. The van der Waals surface area contributed by atoms with Crippen molar-refractivity contribution in [3.63, 3.8) is 0 Å². The average Bonchev–Trinajstić information content (AvgIpc) is 3.19. The van der Waals surface area contributed by atoms with Gasteiger partial charge in [-0.15, -0.1) is 11.8 Å². The summed E-state index contributed by atoms with van der Waals surface area (Å²) in [6, 6.07) is 19.0. The van der Waals surface area contributed by atoms with Crippen molar-refractivity contribution in [3.05, 3.63) is 89.4 Å². The molecule has 2 aromatic carbocycles. The lowest BCUT2D eigenvalue weighted by atomic mass is 10.1. The number of amides is 2. The molecule has 0 aliphatic rings. The summed E-state index contributed by atoms with van der Waals surface area (Å²) < 4.78 is 5.39. The Kier molecular flexibility index (Phi) is 6.33. The standard InChI is InChI=1S/C21H20N2O3S/c1-22-20(24)16-7-5-6-15(12-16)13-23-21(25)19-17(10-11-26-19)14-27-18-8-3-2-4-9-18/h2-12H,13-14H2,1H3,(H,22,24)(H,23,25). The van der Waals surface area contributed by atoms with Crippen LogP contribution >= 0.6 is 11.8 Å².